The number of ether oxygens (including phenoxy) is 3. The summed E-state index contributed by atoms with van der Waals surface area (Å²) in [6.45, 7) is 20.1. The topological polar surface area (TPSA) is 77.0 Å². The van der Waals surface area contributed by atoms with Gasteiger partial charge in [-0.15, -0.1) is 0 Å². The van der Waals surface area contributed by atoms with E-state index in [1.807, 2.05) is 52.8 Å². The summed E-state index contributed by atoms with van der Waals surface area (Å²) in [5, 5.41) is 0. The maximum atomic E-state index is 12.0. The third-order valence-electron chi connectivity index (χ3n) is 6.74. The maximum Gasteiger partial charge on any atom is 0.410 e. The Labute approximate surface area is 227 Å². The maximum absolute atomic E-state index is 12.0. The predicted molar refractivity (Wildman–Crippen MR) is 151 cm³/mol. The van der Waals surface area contributed by atoms with Gasteiger partial charge in [0.05, 0.1) is 18.4 Å². The first-order chi connectivity index (χ1) is 18.0. The van der Waals surface area contributed by atoms with Crippen molar-refractivity contribution in [1.29, 1.82) is 0 Å². The van der Waals surface area contributed by atoms with Gasteiger partial charge in [-0.3, -0.25) is 14.9 Å². The SMILES string of the molecule is C=Cc1cc(OC[C@@H]2CCN2C(=O)OC(C)(C)C)cnc1C.C=Cc1cc(OC[C@@H]2CCN2C)cnc1C. The summed E-state index contributed by atoms with van der Waals surface area (Å²) in [6, 6.07) is 4.52. The molecule has 2 atom stereocenters. The molecule has 2 aliphatic heterocycles. The molecule has 206 valence electrons. The largest absolute Gasteiger partial charge is 0.490 e. The minimum Gasteiger partial charge on any atom is -0.490 e. The van der Waals surface area contributed by atoms with Crippen molar-refractivity contribution >= 4 is 18.2 Å². The highest BCUT2D eigenvalue weighted by molar-refractivity contribution is 5.69. The number of likely N-dealkylation sites (N-methyl/N-ethyl adjacent to an activating group) is 1. The molecular weight excluding hydrogens is 480 g/mol. The summed E-state index contributed by atoms with van der Waals surface area (Å²) in [5.74, 6) is 1.53. The fraction of sp³-hybridized carbons (Fsp3) is 0.500. The molecule has 0 radical (unpaired) electrons. The number of amides is 1. The molecule has 0 aliphatic carbocycles. The number of carbonyl (C=O) groups excluding carboxylic acids is 1. The van der Waals surface area contributed by atoms with Crippen molar-refractivity contribution in [1.82, 2.24) is 19.8 Å². The minimum absolute atomic E-state index is 0.0586. The van der Waals surface area contributed by atoms with Gasteiger partial charge in [0.25, 0.3) is 0 Å². The summed E-state index contributed by atoms with van der Waals surface area (Å²) >= 11 is 0. The van der Waals surface area contributed by atoms with E-state index in [0.29, 0.717) is 24.9 Å². The predicted octanol–water partition coefficient (Wildman–Crippen LogP) is 5.54. The van der Waals surface area contributed by atoms with Crippen LogP contribution in [-0.4, -0.2) is 76.9 Å². The molecule has 0 aromatic carbocycles. The van der Waals surface area contributed by atoms with Crippen molar-refractivity contribution < 1.29 is 19.0 Å². The van der Waals surface area contributed by atoms with E-state index in [1.165, 1.54) is 13.0 Å². The van der Waals surface area contributed by atoms with E-state index in [4.69, 9.17) is 14.2 Å². The first-order valence-corrected chi connectivity index (χ1v) is 13.1. The standard InChI is InChI=1S/C17H24N2O3.C13H18N2O/c1-6-13-9-15(10-18-12(13)2)21-11-14-7-8-19(14)16(20)22-17(3,4)5;1-4-11-7-13(8-14-10(11)2)16-9-12-5-6-15(12)3/h6,9-10,14H,1,7-8,11H2,2-5H3;4,7-8,12H,1,5-6,9H2,2-3H3/t14-;12-/m00/s1. The van der Waals surface area contributed by atoms with E-state index in [2.05, 4.69) is 35.1 Å². The Morgan fingerprint density at radius 1 is 0.947 bits per heavy atom. The lowest BCUT2D eigenvalue weighted by molar-refractivity contribution is -0.0141. The first-order valence-electron chi connectivity index (χ1n) is 13.1. The Hall–Kier alpha value is -3.39. The van der Waals surface area contributed by atoms with Crippen LogP contribution in [0.5, 0.6) is 11.5 Å². The molecule has 0 saturated carbocycles. The summed E-state index contributed by atoms with van der Waals surface area (Å²) in [4.78, 5) is 24.6. The Morgan fingerprint density at radius 3 is 1.82 bits per heavy atom. The van der Waals surface area contributed by atoms with E-state index in [-0.39, 0.29) is 12.1 Å². The molecule has 2 fully saturated rings. The van der Waals surface area contributed by atoms with Crippen LogP contribution in [0.25, 0.3) is 12.2 Å². The zero-order chi connectivity index (χ0) is 27.9. The molecule has 8 heteroatoms. The third-order valence-corrected chi connectivity index (χ3v) is 6.74. The van der Waals surface area contributed by atoms with Gasteiger partial charge in [-0.2, -0.15) is 0 Å². The Morgan fingerprint density at radius 2 is 1.45 bits per heavy atom. The number of aryl methyl sites for hydroxylation is 2. The molecule has 1 amide bonds. The fourth-order valence-electron chi connectivity index (χ4n) is 3.97. The molecule has 2 aromatic heterocycles. The molecular formula is C30H42N4O4. The second-order valence-corrected chi connectivity index (χ2v) is 10.8. The van der Waals surface area contributed by atoms with Crippen LogP contribution in [0.15, 0.2) is 37.7 Å². The number of carbonyl (C=O) groups is 1. The molecule has 4 heterocycles. The van der Waals surface area contributed by atoms with Gasteiger partial charge in [-0.25, -0.2) is 4.79 Å². The lowest BCUT2D eigenvalue weighted by Crippen LogP contribution is -2.55. The van der Waals surface area contributed by atoms with Gasteiger partial charge >= 0.3 is 6.09 Å². The number of nitrogens with zero attached hydrogens (tertiary/aromatic N) is 4. The van der Waals surface area contributed by atoms with Crippen LogP contribution in [-0.2, 0) is 4.74 Å². The van der Waals surface area contributed by atoms with Crippen LogP contribution in [0.2, 0.25) is 0 Å². The van der Waals surface area contributed by atoms with Crippen molar-refractivity contribution in [2.45, 2.75) is 65.1 Å². The molecule has 2 aromatic rings. The molecule has 0 N–H and O–H groups in total. The van der Waals surface area contributed by atoms with Gasteiger partial charge in [0.15, 0.2) is 0 Å². The Balaban J connectivity index is 0.000000221. The zero-order valence-corrected chi connectivity index (χ0v) is 23.7. The minimum atomic E-state index is -0.474. The van der Waals surface area contributed by atoms with Crippen LogP contribution >= 0.6 is 0 Å². The normalized spacial score (nSPS) is 18.7. The smallest absolute Gasteiger partial charge is 0.410 e. The monoisotopic (exact) mass is 522 g/mol. The molecule has 4 rings (SSSR count). The van der Waals surface area contributed by atoms with Crippen LogP contribution < -0.4 is 9.47 Å². The average molecular weight is 523 g/mol. The average Bonchev–Trinajstić information content (AvgIpc) is 2.83. The van der Waals surface area contributed by atoms with Crippen molar-refractivity contribution in [3.05, 3.63) is 60.2 Å². The van der Waals surface area contributed by atoms with Crippen LogP contribution in [0.1, 0.15) is 56.1 Å². The molecule has 0 spiro atoms. The van der Waals surface area contributed by atoms with Gasteiger partial charge in [-0.05, 0) is 84.3 Å². The van der Waals surface area contributed by atoms with Crippen molar-refractivity contribution in [3.63, 3.8) is 0 Å². The van der Waals surface area contributed by atoms with Gasteiger partial charge in [-0.1, -0.05) is 25.3 Å². The highest BCUT2D eigenvalue weighted by Gasteiger charge is 2.35. The van der Waals surface area contributed by atoms with E-state index < -0.39 is 5.60 Å². The molecule has 2 aliphatic rings. The lowest BCUT2D eigenvalue weighted by Gasteiger charge is -2.40. The van der Waals surface area contributed by atoms with E-state index in [1.54, 1.807) is 23.4 Å². The zero-order valence-electron chi connectivity index (χ0n) is 23.7. The number of rotatable bonds is 8. The summed E-state index contributed by atoms with van der Waals surface area (Å²) < 4.78 is 16.9. The Kier molecular flexibility index (Phi) is 9.91. The third kappa shape index (κ3) is 8.05. The number of aromatic nitrogens is 2. The van der Waals surface area contributed by atoms with Gasteiger partial charge in [0.1, 0.15) is 30.3 Å². The number of hydrogen-bond donors (Lipinski definition) is 0. The van der Waals surface area contributed by atoms with Crippen molar-refractivity contribution in [3.8, 4) is 11.5 Å². The summed E-state index contributed by atoms with van der Waals surface area (Å²) in [7, 11) is 2.13. The molecule has 8 nitrogen and oxygen atoms in total. The molecule has 0 unspecified atom stereocenters. The highest BCUT2D eigenvalue weighted by atomic mass is 16.6. The van der Waals surface area contributed by atoms with E-state index in [0.717, 1.165) is 41.3 Å². The van der Waals surface area contributed by atoms with Crippen LogP contribution in [0, 0.1) is 13.8 Å². The molecule has 0 bridgehead atoms. The van der Waals surface area contributed by atoms with Gasteiger partial charge in [0, 0.05) is 24.0 Å². The van der Waals surface area contributed by atoms with Gasteiger partial charge < -0.3 is 19.1 Å². The first kappa shape index (κ1) is 29.2. The summed E-state index contributed by atoms with van der Waals surface area (Å²) in [5.41, 5.74) is 3.43. The van der Waals surface area contributed by atoms with Crippen LogP contribution in [0.4, 0.5) is 4.79 Å². The summed E-state index contributed by atoms with van der Waals surface area (Å²) in [6.07, 6.45) is 8.91. The second kappa shape index (κ2) is 12.9. The van der Waals surface area contributed by atoms with Gasteiger partial charge in [0.2, 0.25) is 0 Å². The second-order valence-electron chi connectivity index (χ2n) is 10.8. The number of likely N-dealkylation sites (tertiary alicyclic amines) is 2. The quantitative estimate of drug-likeness (QED) is 0.451. The van der Waals surface area contributed by atoms with Crippen LogP contribution in [0.3, 0.4) is 0 Å². The van der Waals surface area contributed by atoms with E-state index >= 15 is 0 Å². The molecule has 38 heavy (non-hydrogen) atoms. The van der Waals surface area contributed by atoms with Crippen molar-refractivity contribution in [2.24, 2.45) is 0 Å². The highest BCUT2D eigenvalue weighted by Crippen LogP contribution is 2.23. The number of hydrogen-bond acceptors (Lipinski definition) is 7. The lowest BCUT2D eigenvalue weighted by atomic mass is 10.1. The number of pyridine rings is 2. The van der Waals surface area contributed by atoms with Crippen molar-refractivity contribution in [2.75, 3.05) is 33.4 Å². The van der Waals surface area contributed by atoms with E-state index in [9.17, 15) is 4.79 Å². The molecule has 2 saturated heterocycles. The fourth-order valence-corrected chi connectivity index (χ4v) is 3.97. The Bertz CT molecular complexity index is 1130.